The lowest BCUT2D eigenvalue weighted by Gasteiger charge is -2.26. The fourth-order valence-electron chi connectivity index (χ4n) is 2.52. The predicted octanol–water partition coefficient (Wildman–Crippen LogP) is 1.35. The molecule has 4 nitrogen and oxygen atoms in total. The summed E-state index contributed by atoms with van der Waals surface area (Å²) in [6.45, 7) is 0.659. The maximum atomic E-state index is 12.0. The van der Waals surface area contributed by atoms with Gasteiger partial charge in [0.25, 0.3) is 0 Å². The van der Waals surface area contributed by atoms with Crippen LogP contribution in [-0.2, 0) is 4.79 Å². The number of nitrogens with two attached hydrogens (primary N) is 1. The van der Waals surface area contributed by atoms with Gasteiger partial charge in [-0.05, 0) is 37.2 Å². The second-order valence-electron chi connectivity index (χ2n) is 5.31. The van der Waals surface area contributed by atoms with Crippen molar-refractivity contribution < 1.29 is 9.90 Å². The normalized spacial score (nSPS) is 24.7. The number of amides is 1. The van der Waals surface area contributed by atoms with Crippen molar-refractivity contribution in [3.05, 3.63) is 35.9 Å². The number of aliphatic hydroxyl groups excluding tert-OH is 1. The molecule has 0 unspecified atom stereocenters. The Balaban J connectivity index is 1.78. The smallest absolute Gasteiger partial charge is 0.241 e. The number of carbonyl (C=O) groups excluding carboxylic acids is 1. The van der Waals surface area contributed by atoms with E-state index in [-0.39, 0.29) is 12.0 Å². The molecule has 1 aliphatic rings. The van der Waals surface area contributed by atoms with Gasteiger partial charge in [-0.2, -0.15) is 0 Å². The van der Waals surface area contributed by atoms with Crippen LogP contribution in [0, 0.1) is 5.92 Å². The molecule has 4 heteroatoms. The first-order valence-corrected chi connectivity index (χ1v) is 6.93. The van der Waals surface area contributed by atoms with E-state index in [0.29, 0.717) is 12.5 Å². The minimum Gasteiger partial charge on any atom is -0.393 e. The molecule has 1 fully saturated rings. The zero-order chi connectivity index (χ0) is 13.7. The topological polar surface area (TPSA) is 75.4 Å². The van der Waals surface area contributed by atoms with Crippen molar-refractivity contribution in [1.29, 1.82) is 0 Å². The highest BCUT2D eigenvalue weighted by atomic mass is 16.3. The molecule has 0 aliphatic heterocycles. The Kier molecular flexibility index (Phi) is 4.93. The van der Waals surface area contributed by atoms with Crippen LogP contribution in [0.15, 0.2) is 30.3 Å². The first kappa shape index (κ1) is 14.0. The average molecular weight is 262 g/mol. The molecular formula is C15H22N2O2. The third-order valence-corrected chi connectivity index (χ3v) is 3.82. The summed E-state index contributed by atoms with van der Waals surface area (Å²) in [5.41, 5.74) is 6.76. The molecule has 0 radical (unpaired) electrons. The number of nitrogens with one attached hydrogen (secondary N) is 1. The summed E-state index contributed by atoms with van der Waals surface area (Å²) in [5.74, 6) is 0.340. The van der Waals surface area contributed by atoms with E-state index >= 15 is 0 Å². The van der Waals surface area contributed by atoms with E-state index in [1.165, 1.54) is 0 Å². The Morgan fingerprint density at radius 2 is 1.89 bits per heavy atom. The molecule has 0 bridgehead atoms. The molecular weight excluding hydrogens is 240 g/mol. The van der Waals surface area contributed by atoms with Gasteiger partial charge in [-0.15, -0.1) is 0 Å². The average Bonchev–Trinajstić information content (AvgIpc) is 2.46. The molecule has 1 saturated carbocycles. The number of hydrogen-bond donors (Lipinski definition) is 3. The monoisotopic (exact) mass is 262 g/mol. The standard InChI is InChI=1S/C15H22N2O2/c16-14(12-4-2-1-3-5-12)15(19)17-10-11-6-8-13(18)9-7-11/h1-5,11,13-14,18H,6-10,16H2,(H,17,19)/t11?,13?,14-/m1/s1. The summed E-state index contributed by atoms with van der Waals surface area (Å²) in [4.78, 5) is 12.0. The van der Waals surface area contributed by atoms with Gasteiger partial charge in [0.05, 0.1) is 6.10 Å². The fraction of sp³-hybridized carbons (Fsp3) is 0.533. The van der Waals surface area contributed by atoms with Crippen LogP contribution in [0.2, 0.25) is 0 Å². The molecule has 1 amide bonds. The molecule has 0 aromatic heterocycles. The predicted molar refractivity (Wildman–Crippen MR) is 74.3 cm³/mol. The van der Waals surface area contributed by atoms with Crippen molar-refractivity contribution in [1.82, 2.24) is 5.32 Å². The van der Waals surface area contributed by atoms with Crippen LogP contribution >= 0.6 is 0 Å². The molecule has 1 aliphatic carbocycles. The van der Waals surface area contributed by atoms with Gasteiger partial charge in [-0.1, -0.05) is 30.3 Å². The Hall–Kier alpha value is -1.39. The van der Waals surface area contributed by atoms with Gasteiger partial charge >= 0.3 is 0 Å². The van der Waals surface area contributed by atoms with Crippen LogP contribution in [0.1, 0.15) is 37.3 Å². The first-order chi connectivity index (χ1) is 9.16. The molecule has 4 N–H and O–H groups in total. The summed E-state index contributed by atoms with van der Waals surface area (Å²) in [7, 11) is 0. The quantitative estimate of drug-likeness (QED) is 0.766. The lowest BCUT2D eigenvalue weighted by Crippen LogP contribution is -2.38. The zero-order valence-corrected chi connectivity index (χ0v) is 11.1. The summed E-state index contributed by atoms with van der Waals surface area (Å²) in [5, 5.41) is 12.4. The maximum Gasteiger partial charge on any atom is 0.241 e. The summed E-state index contributed by atoms with van der Waals surface area (Å²) in [6.07, 6.45) is 3.47. The summed E-state index contributed by atoms with van der Waals surface area (Å²) < 4.78 is 0. The third kappa shape index (κ3) is 4.04. The number of carbonyl (C=O) groups is 1. The fourth-order valence-corrected chi connectivity index (χ4v) is 2.52. The lowest BCUT2D eigenvalue weighted by atomic mass is 9.87. The second kappa shape index (κ2) is 6.68. The Morgan fingerprint density at radius 3 is 2.53 bits per heavy atom. The maximum absolute atomic E-state index is 12.0. The van der Waals surface area contributed by atoms with Crippen LogP contribution in [0.3, 0.4) is 0 Å². The van der Waals surface area contributed by atoms with E-state index in [1.54, 1.807) is 0 Å². The largest absolute Gasteiger partial charge is 0.393 e. The molecule has 19 heavy (non-hydrogen) atoms. The molecule has 0 heterocycles. The zero-order valence-electron chi connectivity index (χ0n) is 11.1. The van der Waals surface area contributed by atoms with E-state index in [0.717, 1.165) is 31.2 Å². The van der Waals surface area contributed by atoms with Crippen LogP contribution in [0.4, 0.5) is 0 Å². The SMILES string of the molecule is N[C@@H](C(=O)NCC1CCC(O)CC1)c1ccccc1. The summed E-state index contributed by atoms with van der Waals surface area (Å²) >= 11 is 0. The highest BCUT2D eigenvalue weighted by Gasteiger charge is 2.21. The van der Waals surface area contributed by atoms with Crippen molar-refractivity contribution in [3.63, 3.8) is 0 Å². The van der Waals surface area contributed by atoms with Gasteiger partial charge in [0.2, 0.25) is 5.91 Å². The van der Waals surface area contributed by atoms with Crippen LogP contribution in [0.5, 0.6) is 0 Å². The van der Waals surface area contributed by atoms with Gasteiger partial charge in [0, 0.05) is 6.54 Å². The van der Waals surface area contributed by atoms with Crippen molar-refractivity contribution in [2.45, 2.75) is 37.8 Å². The van der Waals surface area contributed by atoms with Crippen LogP contribution in [0.25, 0.3) is 0 Å². The van der Waals surface area contributed by atoms with E-state index in [1.807, 2.05) is 30.3 Å². The molecule has 1 aromatic rings. The summed E-state index contributed by atoms with van der Waals surface area (Å²) in [6, 6.07) is 8.79. The number of hydrogen-bond acceptors (Lipinski definition) is 3. The third-order valence-electron chi connectivity index (χ3n) is 3.82. The van der Waals surface area contributed by atoms with E-state index in [2.05, 4.69) is 5.32 Å². The highest BCUT2D eigenvalue weighted by Crippen LogP contribution is 2.23. The first-order valence-electron chi connectivity index (χ1n) is 6.93. The lowest BCUT2D eigenvalue weighted by molar-refractivity contribution is -0.122. The molecule has 0 spiro atoms. The Morgan fingerprint density at radius 1 is 1.26 bits per heavy atom. The van der Waals surface area contributed by atoms with E-state index < -0.39 is 6.04 Å². The second-order valence-corrected chi connectivity index (χ2v) is 5.31. The minimum atomic E-state index is -0.601. The van der Waals surface area contributed by atoms with Gasteiger partial charge in [0.15, 0.2) is 0 Å². The number of rotatable bonds is 4. The Bertz CT molecular complexity index is 400. The van der Waals surface area contributed by atoms with Crippen molar-refractivity contribution in [2.75, 3.05) is 6.54 Å². The van der Waals surface area contributed by atoms with Crippen LogP contribution < -0.4 is 11.1 Å². The number of aliphatic hydroxyl groups is 1. The highest BCUT2D eigenvalue weighted by molar-refractivity contribution is 5.82. The molecule has 2 rings (SSSR count). The van der Waals surface area contributed by atoms with Gasteiger partial charge in [-0.3, -0.25) is 4.79 Å². The van der Waals surface area contributed by atoms with Gasteiger partial charge in [0.1, 0.15) is 6.04 Å². The van der Waals surface area contributed by atoms with Crippen molar-refractivity contribution in [2.24, 2.45) is 11.7 Å². The van der Waals surface area contributed by atoms with Gasteiger partial charge < -0.3 is 16.2 Å². The molecule has 0 saturated heterocycles. The molecule has 1 aromatic carbocycles. The van der Waals surface area contributed by atoms with E-state index in [4.69, 9.17) is 5.73 Å². The molecule has 1 atom stereocenters. The van der Waals surface area contributed by atoms with Gasteiger partial charge in [-0.25, -0.2) is 0 Å². The van der Waals surface area contributed by atoms with Crippen molar-refractivity contribution in [3.8, 4) is 0 Å². The van der Waals surface area contributed by atoms with Crippen molar-refractivity contribution >= 4 is 5.91 Å². The molecule has 104 valence electrons. The minimum absolute atomic E-state index is 0.127. The number of benzene rings is 1. The van der Waals surface area contributed by atoms with E-state index in [9.17, 15) is 9.90 Å². The Labute approximate surface area is 114 Å². The van der Waals surface area contributed by atoms with Crippen LogP contribution in [-0.4, -0.2) is 23.7 Å².